The molecule has 4 heterocycles. The number of nitrogens with two attached hydrogens (primary N) is 1. The van der Waals surface area contributed by atoms with Crippen LogP contribution in [0.5, 0.6) is 0 Å². The molecule has 5 heteroatoms. The fraction of sp³-hybridized carbons (Fsp3) is 0.500. The molecule has 2 atom stereocenters. The molecule has 0 spiro atoms. The largest absolute Gasteiger partial charge is 0.397 e. The van der Waals surface area contributed by atoms with Crippen LogP contribution >= 0.6 is 0 Å². The van der Waals surface area contributed by atoms with Gasteiger partial charge in [-0.3, -0.25) is 4.98 Å². The number of anilines is 3. The van der Waals surface area contributed by atoms with Gasteiger partial charge in [-0.15, -0.1) is 0 Å². The second-order valence-electron chi connectivity index (χ2n) is 8.24. The van der Waals surface area contributed by atoms with Crippen molar-refractivity contribution in [3.05, 3.63) is 47.8 Å². The van der Waals surface area contributed by atoms with Crippen molar-refractivity contribution in [2.75, 3.05) is 55.3 Å². The van der Waals surface area contributed by atoms with Gasteiger partial charge in [-0.2, -0.15) is 0 Å². The van der Waals surface area contributed by atoms with Crippen LogP contribution in [0, 0.1) is 0 Å². The van der Waals surface area contributed by atoms with Gasteiger partial charge in [0.05, 0.1) is 22.8 Å². The molecular formula is C22H29N5. The summed E-state index contributed by atoms with van der Waals surface area (Å²) in [4.78, 5) is 12.2. The maximum absolute atomic E-state index is 6.04. The maximum Gasteiger partial charge on any atom is 0.0644 e. The van der Waals surface area contributed by atoms with Crippen LogP contribution in [0.3, 0.4) is 0 Å². The summed E-state index contributed by atoms with van der Waals surface area (Å²) < 4.78 is 0. The van der Waals surface area contributed by atoms with Crippen LogP contribution < -0.4 is 15.5 Å². The summed E-state index contributed by atoms with van der Waals surface area (Å²) in [5.41, 5.74) is 12.4. The number of nitrogen functional groups attached to an aromatic ring is 1. The van der Waals surface area contributed by atoms with Crippen molar-refractivity contribution in [1.82, 2.24) is 9.88 Å². The number of pyridine rings is 1. The fourth-order valence-corrected chi connectivity index (χ4v) is 5.31. The number of hydrogen-bond donors (Lipinski definition) is 1. The quantitative estimate of drug-likeness (QED) is 0.905. The van der Waals surface area contributed by atoms with E-state index in [1.807, 2.05) is 18.3 Å². The summed E-state index contributed by atoms with van der Waals surface area (Å²) in [5.74, 6) is 0.653. The monoisotopic (exact) mass is 363 g/mol. The fourth-order valence-electron chi connectivity index (χ4n) is 5.31. The van der Waals surface area contributed by atoms with Crippen LogP contribution in [0.4, 0.5) is 17.1 Å². The first kappa shape index (κ1) is 16.9. The summed E-state index contributed by atoms with van der Waals surface area (Å²) in [7, 11) is 2.23. The molecule has 1 fully saturated rings. The number of piperidine rings is 1. The molecule has 0 amide bonds. The zero-order valence-electron chi connectivity index (χ0n) is 16.1. The van der Waals surface area contributed by atoms with E-state index in [4.69, 9.17) is 5.73 Å². The van der Waals surface area contributed by atoms with Crippen molar-refractivity contribution in [3.8, 4) is 0 Å². The zero-order valence-corrected chi connectivity index (χ0v) is 16.1. The predicted molar refractivity (Wildman–Crippen MR) is 112 cm³/mol. The van der Waals surface area contributed by atoms with Gasteiger partial charge in [0.2, 0.25) is 0 Å². The van der Waals surface area contributed by atoms with E-state index < -0.39 is 0 Å². The summed E-state index contributed by atoms with van der Waals surface area (Å²) in [6, 6.07) is 11.5. The highest BCUT2D eigenvalue weighted by Gasteiger charge is 2.44. The Labute approximate surface area is 161 Å². The van der Waals surface area contributed by atoms with E-state index in [0.717, 1.165) is 37.3 Å². The molecule has 1 aromatic carbocycles. The van der Waals surface area contributed by atoms with E-state index in [1.165, 1.54) is 37.4 Å². The number of para-hydroxylation sites is 1. The van der Waals surface area contributed by atoms with Crippen molar-refractivity contribution in [2.45, 2.75) is 31.2 Å². The van der Waals surface area contributed by atoms with Crippen LogP contribution in [-0.2, 0) is 6.42 Å². The van der Waals surface area contributed by atoms with Gasteiger partial charge in [0, 0.05) is 51.4 Å². The highest BCUT2D eigenvalue weighted by molar-refractivity contribution is 5.80. The Balaban J connectivity index is 1.28. The minimum atomic E-state index is 0.653. The molecule has 3 aliphatic rings. The number of fused-ring (bicyclic) bond motifs is 3. The van der Waals surface area contributed by atoms with Crippen LogP contribution in [0.2, 0.25) is 0 Å². The summed E-state index contributed by atoms with van der Waals surface area (Å²) in [6.45, 7) is 5.82. The van der Waals surface area contributed by atoms with Crippen LogP contribution in [0.1, 0.15) is 30.0 Å². The molecule has 5 nitrogen and oxygen atoms in total. The molecule has 1 saturated heterocycles. The minimum absolute atomic E-state index is 0.653. The lowest BCUT2D eigenvalue weighted by Crippen LogP contribution is -2.49. The Kier molecular flexibility index (Phi) is 4.20. The standard InChI is InChI=1S/C22H29N5/c1-25-13-14-27-20-9-12-26(11-4-7-19-18(23)6-3-10-24-19)15-17(20)16-5-2-8-21(25)22(16)27/h2-3,5-6,8,10,17,20H,4,7,9,11-15,23H2,1H3. The molecule has 0 saturated carbocycles. The number of hydrogen-bond acceptors (Lipinski definition) is 5. The van der Waals surface area contributed by atoms with Crippen molar-refractivity contribution in [3.63, 3.8) is 0 Å². The lowest BCUT2D eigenvalue weighted by atomic mass is 9.89. The van der Waals surface area contributed by atoms with E-state index in [1.54, 1.807) is 5.56 Å². The molecule has 0 radical (unpaired) electrons. The normalized spacial score (nSPS) is 24.0. The molecule has 0 bridgehead atoms. The molecule has 1 aromatic heterocycles. The van der Waals surface area contributed by atoms with Gasteiger partial charge >= 0.3 is 0 Å². The van der Waals surface area contributed by atoms with Gasteiger partial charge in [0.25, 0.3) is 0 Å². The van der Waals surface area contributed by atoms with Gasteiger partial charge in [0.1, 0.15) is 0 Å². The van der Waals surface area contributed by atoms with Crippen molar-refractivity contribution in [1.29, 1.82) is 0 Å². The summed E-state index contributed by atoms with van der Waals surface area (Å²) >= 11 is 0. The van der Waals surface area contributed by atoms with E-state index in [-0.39, 0.29) is 0 Å². The molecule has 5 rings (SSSR count). The Morgan fingerprint density at radius 2 is 2.07 bits per heavy atom. The topological polar surface area (TPSA) is 48.6 Å². The second-order valence-corrected chi connectivity index (χ2v) is 8.24. The maximum atomic E-state index is 6.04. The number of likely N-dealkylation sites (tertiary alicyclic amines) is 1. The first-order valence-corrected chi connectivity index (χ1v) is 10.2. The van der Waals surface area contributed by atoms with Gasteiger partial charge in [-0.05, 0) is 49.6 Å². The molecular weight excluding hydrogens is 334 g/mol. The third-order valence-corrected chi connectivity index (χ3v) is 6.69. The molecule has 2 unspecified atom stereocenters. The number of aromatic nitrogens is 1. The molecule has 2 aromatic rings. The SMILES string of the molecule is CN1CCN2c3c(cccc31)C1CN(CCCc3ncccc3N)CCC12. The van der Waals surface area contributed by atoms with Crippen LogP contribution in [-0.4, -0.2) is 55.7 Å². The number of nitrogens with zero attached hydrogens (tertiary/aromatic N) is 4. The Morgan fingerprint density at radius 3 is 2.96 bits per heavy atom. The van der Waals surface area contributed by atoms with Crippen molar-refractivity contribution < 1.29 is 0 Å². The Bertz CT molecular complexity index is 835. The van der Waals surface area contributed by atoms with Gasteiger partial charge in [-0.1, -0.05) is 12.1 Å². The minimum Gasteiger partial charge on any atom is -0.397 e. The van der Waals surface area contributed by atoms with E-state index in [9.17, 15) is 0 Å². The lowest BCUT2D eigenvalue weighted by Gasteiger charge is -2.41. The summed E-state index contributed by atoms with van der Waals surface area (Å²) in [6.07, 6.45) is 5.21. The third-order valence-electron chi connectivity index (χ3n) is 6.69. The molecule has 0 aliphatic carbocycles. The number of rotatable bonds is 4. The lowest BCUT2D eigenvalue weighted by molar-refractivity contribution is 0.191. The van der Waals surface area contributed by atoms with Gasteiger partial charge in [-0.25, -0.2) is 0 Å². The molecule has 27 heavy (non-hydrogen) atoms. The Hall–Kier alpha value is -2.27. The highest BCUT2D eigenvalue weighted by Crippen LogP contribution is 2.50. The average Bonchev–Trinajstić information content (AvgIpc) is 3.01. The van der Waals surface area contributed by atoms with Crippen molar-refractivity contribution in [2.24, 2.45) is 0 Å². The van der Waals surface area contributed by atoms with E-state index in [0.29, 0.717) is 12.0 Å². The first-order chi connectivity index (χ1) is 13.2. The highest BCUT2D eigenvalue weighted by atomic mass is 15.3. The number of benzene rings is 1. The molecule has 2 N–H and O–H groups in total. The van der Waals surface area contributed by atoms with Crippen LogP contribution in [0.25, 0.3) is 0 Å². The van der Waals surface area contributed by atoms with Gasteiger partial charge < -0.3 is 20.4 Å². The zero-order chi connectivity index (χ0) is 18.4. The molecule has 142 valence electrons. The summed E-state index contributed by atoms with van der Waals surface area (Å²) in [5, 5.41) is 0. The average molecular weight is 364 g/mol. The predicted octanol–water partition coefficient (Wildman–Crippen LogP) is 2.72. The third kappa shape index (κ3) is 2.85. The smallest absolute Gasteiger partial charge is 0.0644 e. The first-order valence-electron chi connectivity index (χ1n) is 10.2. The number of aryl methyl sites for hydroxylation is 1. The second kappa shape index (κ2) is 6.71. The van der Waals surface area contributed by atoms with Crippen LogP contribution in [0.15, 0.2) is 36.5 Å². The van der Waals surface area contributed by atoms with E-state index >= 15 is 0 Å². The van der Waals surface area contributed by atoms with E-state index in [2.05, 4.69) is 44.9 Å². The molecule has 3 aliphatic heterocycles. The number of likely N-dealkylation sites (N-methyl/N-ethyl adjacent to an activating group) is 1. The Morgan fingerprint density at radius 1 is 1.15 bits per heavy atom. The van der Waals surface area contributed by atoms with Gasteiger partial charge in [0.15, 0.2) is 0 Å². The van der Waals surface area contributed by atoms with Crippen molar-refractivity contribution >= 4 is 17.1 Å².